The Hall–Kier alpha value is -0.318. The van der Waals surface area contributed by atoms with Gasteiger partial charge < -0.3 is 0 Å². The van der Waals surface area contributed by atoms with Gasteiger partial charge in [0.15, 0.2) is 0 Å². The molecular formula is C26H36ClO2PPd. The van der Waals surface area contributed by atoms with Gasteiger partial charge in [-0.15, -0.1) is 0 Å². The third kappa shape index (κ3) is 4.82. The molecule has 0 bridgehead atoms. The minimum atomic E-state index is -0.238. The van der Waals surface area contributed by atoms with Crippen molar-refractivity contribution in [1.29, 1.82) is 0 Å². The molecule has 0 N–H and O–H groups in total. The number of hydrogen-bond acceptors (Lipinski definition) is 2. The van der Waals surface area contributed by atoms with Crippen molar-refractivity contribution < 1.29 is 26.4 Å². The first-order valence-electron chi connectivity index (χ1n) is 11.8. The first-order chi connectivity index (χ1) is 15.2. The van der Waals surface area contributed by atoms with Crippen LogP contribution < -0.4 is 9.47 Å². The van der Waals surface area contributed by atoms with Gasteiger partial charge in [-0.1, -0.05) is 0 Å². The van der Waals surface area contributed by atoms with Gasteiger partial charge in [0, 0.05) is 0 Å². The third-order valence-corrected chi connectivity index (χ3v) is 15.7. The molecule has 2 saturated carbocycles. The average molecular weight is 553 g/mol. The van der Waals surface area contributed by atoms with Crippen LogP contribution >= 0.6 is 17.5 Å². The van der Waals surface area contributed by atoms with Crippen LogP contribution in [-0.4, -0.2) is 29.2 Å². The second-order valence-corrected chi connectivity index (χ2v) is 14.9. The second kappa shape index (κ2) is 11.2. The van der Waals surface area contributed by atoms with E-state index in [2.05, 4.69) is 30.4 Å². The van der Waals surface area contributed by atoms with E-state index in [9.17, 15) is 0 Å². The third-order valence-electron chi connectivity index (χ3n) is 7.30. The van der Waals surface area contributed by atoms with E-state index in [-0.39, 0.29) is 28.5 Å². The van der Waals surface area contributed by atoms with Crippen LogP contribution in [0, 0.1) is 0 Å². The molecule has 0 aromatic heterocycles. The summed E-state index contributed by atoms with van der Waals surface area (Å²) in [5, 5.41) is 0. The Morgan fingerprint density at radius 1 is 0.903 bits per heavy atom. The van der Waals surface area contributed by atoms with Crippen molar-refractivity contribution in [3.8, 4) is 11.5 Å². The van der Waals surface area contributed by atoms with Crippen LogP contribution in [0.3, 0.4) is 0 Å². The standard InChI is InChI=1S/C26H36O2P.ClH.Pd/c1-27-23-17-11-18-24(28-2)26(23)22-16-9-10-19-25(22)29(20-12-5-3-6-13-20)21-14-7-4-8-15-21;;/h9-11,16-18,20-21H,3-8,12-15,19H2,1-2H3;1H;/q;;+1/p-1. The number of hydrogen-bond donors (Lipinski definition) is 0. The molecule has 1 unspecified atom stereocenters. The Kier molecular flexibility index (Phi) is 8.61. The summed E-state index contributed by atoms with van der Waals surface area (Å²) in [5.74, 6) is 1.82. The molecule has 0 radical (unpaired) electrons. The van der Waals surface area contributed by atoms with Crippen LogP contribution in [0.15, 0.2) is 36.4 Å². The van der Waals surface area contributed by atoms with Crippen molar-refractivity contribution in [2.75, 3.05) is 14.2 Å². The summed E-state index contributed by atoms with van der Waals surface area (Å²) in [5.41, 5.74) is 4.21. The van der Waals surface area contributed by atoms with Gasteiger partial charge in [0.05, 0.1) is 0 Å². The van der Waals surface area contributed by atoms with Gasteiger partial charge in [-0.3, -0.25) is 0 Å². The molecule has 174 valence electrons. The topological polar surface area (TPSA) is 18.5 Å². The number of benzene rings is 1. The predicted octanol–water partition coefficient (Wildman–Crippen LogP) is 8.13. The molecule has 5 heteroatoms. The van der Waals surface area contributed by atoms with Crippen molar-refractivity contribution in [3.63, 3.8) is 0 Å². The summed E-state index contributed by atoms with van der Waals surface area (Å²) in [6.45, 7) is 0. The van der Waals surface area contributed by atoms with Crippen molar-refractivity contribution in [3.05, 3.63) is 42.0 Å². The molecule has 1 aromatic rings. The molecule has 2 nitrogen and oxygen atoms in total. The van der Waals surface area contributed by atoms with E-state index in [0.29, 0.717) is 0 Å². The zero-order chi connectivity index (χ0) is 21.7. The summed E-state index contributed by atoms with van der Waals surface area (Å²) in [6, 6.07) is 6.17. The van der Waals surface area contributed by atoms with Gasteiger partial charge in [0.2, 0.25) is 0 Å². The Balaban J connectivity index is 1.85. The summed E-state index contributed by atoms with van der Waals surface area (Å²) < 4.78 is 11.8. The van der Waals surface area contributed by atoms with Crippen LogP contribution in [0.5, 0.6) is 11.5 Å². The zero-order valence-electron chi connectivity index (χ0n) is 18.9. The van der Waals surface area contributed by atoms with Gasteiger partial charge in [-0.05, 0) is 0 Å². The maximum atomic E-state index is 7.12. The quantitative estimate of drug-likeness (QED) is 0.251. The van der Waals surface area contributed by atoms with Crippen molar-refractivity contribution in [2.45, 2.75) is 85.6 Å². The number of methoxy groups -OCH3 is 2. The Labute approximate surface area is 202 Å². The Bertz CT molecular complexity index is 758. The van der Waals surface area contributed by atoms with Crippen molar-refractivity contribution >= 4 is 23.0 Å². The monoisotopic (exact) mass is 552 g/mol. The normalized spacial score (nSPS) is 25.6. The summed E-state index contributed by atoms with van der Waals surface area (Å²) in [6.07, 6.45) is 22.0. The van der Waals surface area contributed by atoms with E-state index in [0.717, 1.165) is 34.8 Å². The molecule has 1 atom stereocenters. The van der Waals surface area contributed by atoms with Gasteiger partial charge in [0.1, 0.15) is 0 Å². The van der Waals surface area contributed by atoms with Crippen LogP contribution in [0.1, 0.15) is 76.2 Å². The maximum absolute atomic E-state index is 7.12. The van der Waals surface area contributed by atoms with Gasteiger partial charge in [0.25, 0.3) is 0 Å². The summed E-state index contributed by atoms with van der Waals surface area (Å²) >= 11 is 0.134. The molecule has 4 rings (SSSR count). The second-order valence-electron chi connectivity index (χ2n) is 9.01. The Morgan fingerprint density at radius 3 is 1.94 bits per heavy atom. The number of allylic oxidation sites excluding steroid dienone is 4. The van der Waals surface area contributed by atoms with Gasteiger partial charge in [-0.2, -0.15) is 0 Å². The van der Waals surface area contributed by atoms with Crippen LogP contribution in [0.2, 0.25) is 0 Å². The average Bonchev–Trinajstić information content (AvgIpc) is 2.85. The first-order valence-corrected chi connectivity index (χ1v) is 16.1. The number of ether oxygens (including phenoxy) is 2. The van der Waals surface area contributed by atoms with E-state index < -0.39 is 0 Å². The van der Waals surface area contributed by atoms with E-state index in [1.807, 2.05) is 6.07 Å². The van der Waals surface area contributed by atoms with E-state index >= 15 is 0 Å². The molecule has 3 aliphatic carbocycles. The van der Waals surface area contributed by atoms with Gasteiger partial charge in [-0.25, -0.2) is 0 Å². The van der Waals surface area contributed by atoms with E-state index in [1.54, 1.807) is 14.2 Å². The molecule has 3 aliphatic rings. The fourth-order valence-electron chi connectivity index (χ4n) is 5.90. The fraction of sp³-hybridized carbons (Fsp3) is 0.615. The van der Waals surface area contributed by atoms with E-state index in [4.69, 9.17) is 19.0 Å². The molecule has 31 heavy (non-hydrogen) atoms. The van der Waals surface area contributed by atoms with E-state index in [1.165, 1.54) is 69.8 Å². The van der Waals surface area contributed by atoms with Crippen molar-refractivity contribution in [2.24, 2.45) is 0 Å². The summed E-state index contributed by atoms with van der Waals surface area (Å²) in [7, 11) is 10.4. The molecule has 0 amide bonds. The van der Waals surface area contributed by atoms with Crippen LogP contribution in [0.4, 0.5) is 0 Å². The molecular weight excluding hydrogens is 517 g/mol. The zero-order valence-corrected chi connectivity index (χ0v) is 22.1. The van der Waals surface area contributed by atoms with Crippen LogP contribution in [-0.2, 0) is 17.0 Å². The minimum absolute atomic E-state index is 0.0476. The molecule has 0 spiro atoms. The molecule has 0 heterocycles. The van der Waals surface area contributed by atoms with Crippen molar-refractivity contribution in [1.82, 2.24) is 0 Å². The number of rotatable bonds is 7. The fourth-order valence-corrected chi connectivity index (χ4v) is 15.0. The molecule has 0 saturated heterocycles. The number of halogens is 1. The van der Waals surface area contributed by atoms with Gasteiger partial charge >= 0.3 is 203 Å². The molecule has 1 aromatic carbocycles. The Morgan fingerprint density at radius 2 is 1.45 bits per heavy atom. The molecule has 0 aliphatic heterocycles. The SMILES string of the molecule is COc1cccc(OC)c1C1=CC=CC[C]1([Pd][Cl])P(C1CCCCC1)C1CCCCC1. The molecule has 2 fully saturated rings. The van der Waals surface area contributed by atoms with Crippen LogP contribution in [0.25, 0.3) is 5.57 Å². The predicted molar refractivity (Wildman–Crippen MR) is 131 cm³/mol. The summed E-state index contributed by atoms with van der Waals surface area (Å²) in [4.78, 5) is 0. The first kappa shape index (κ1) is 23.8.